The van der Waals surface area contributed by atoms with Gasteiger partial charge in [-0.1, -0.05) is 6.07 Å². The number of halogens is 3. The fourth-order valence-corrected chi connectivity index (χ4v) is 3.91. The largest absolute Gasteiger partial charge is 0.482 e. The highest BCUT2D eigenvalue weighted by atomic mass is 19.4. The maximum Gasteiger partial charge on any atom is 0.416 e. The summed E-state index contributed by atoms with van der Waals surface area (Å²) in [5, 5.41) is 2.74. The maximum absolute atomic E-state index is 12.7. The van der Waals surface area contributed by atoms with E-state index in [-0.39, 0.29) is 18.3 Å². The monoisotopic (exact) mass is 447 g/mol. The topological polar surface area (TPSA) is 61.9 Å². The van der Waals surface area contributed by atoms with Gasteiger partial charge in [-0.2, -0.15) is 13.2 Å². The lowest BCUT2D eigenvalue weighted by atomic mass is 10.1. The van der Waals surface area contributed by atoms with E-state index in [0.29, 0.717) is 57.0 Å². The summed E-state index contributed by atoms with van der Waals surface area (Å²) in [7, 11) is 0. The zero-order valence-corrected chi connectivity index (χ0v) is 17.5. The lowest BCUT2D eigenvalue weighted by Gasteiger charge is -2.35. The standard InChI is InChI=1S/C23H24F3N3O3/c24-23(25,26)17-3-5-18(6-4-17)29-11-9-28(10-12-29)14-19(30)7-1-16-2-8-20-21(13-16)32-15-22(31)27-20/h2-6,8,13H,1,7,9-12,14-15H2,(H,27,31). The Kier molecular flexibility index (Phi) is 6.36. The number of ketones is 1. The number of anilines is 2. The summed E-state index contributed by atoms with van der Waals surface area (Å²) in [6.45, 7) is 3.03. The van der Waals surface area contributed by atoms with E-state index in [1.807, 2.05) is 17.0 Å². The number of Topliss-reactive ketones (excluding diaryl/α,β-unsaturated/α-hetero) is 1. The van der Waals surface area contributed by atoms with Crippen LogP contribution in [0, 0.1) is 0 Å². The molecule has 0 unspecified atom stereocenters. The van der Waals surface area contributed by atoms with Crippen molar-refractivity contribution in [3.05, 3.63) is 53.6 Å². The Balaban J connectivity index is 1.22. The fraction of sp³-hybridized carbons (Fsp3) is 0.391. The minimum atomic E-state index is -4.33. The van der Waals surface area contributed by atoms with Crippen LogP contribution >= 0.6 is 0 Å². The van der Waals surface area contributed by atoms with Gasteiger partial charge in [-0.15, -0.1) is 0 Å². The average Bonchev–Trinajstić information content (AvgIpc) is 2.78. The molecule has 4 rings (SSSR count). The number of ether oxygens (including phenoxy) is 1. The van der Waals surface area contributed by atoms with Crippen LogP contribution in [0.4, 0.5) is 24.5 Å². The highest BCUT2D eigenvalue weighted by Gasteiger charge is 2.30. The van der Waals surface area contributed by atoms with Crippen molar-refractivity contribution in [2.75, 3.05) is 49.5 Å². The van der Waals surface area contributed by atoms with Crippen LogP contribution in [0.15, 0.2) is 42.5 Å². The van der Waals surface area contributed by atoms with Crippen molar-refractivity contribution in [2.24, 2.45) is 0 Å². The molecule has 2 aromatic rings. The third-order valence-electron chi connectivity index (χ3n) is 5.70. The van der Waals surface area contributed by atoms with E-state index in [1.165, 1.54) is 12.1 Å². The third-order valence-corrected chi connectivity index (χ3v) is 5.70. The zero-order valence-electron chi connectivity index (χ0n) is 17.5. The van der Waals surface area contributed by atoms with Gasteiger partial charge in [0.15, 0.2) is 6.61 Å². The van der Waals surface area contributed by atoms with Crippen LogP contribution in [0.3, 0.4) is 0 Å². The minimum Gasteiger partial charge on any atom is -0.482 e. The predicted molar refractivity (Wildman–Crippen MR) is 114 cm³/mol. The van der Waals surface area contributed by atoms with Crippen molar-refractivity contribution in [2.45, 2.75) is 19.0 Å². The number of hydrogen-bond donors (Lipinski definition) is 1. The van der Waals surface area contributed by atoms with Gasteiger partial charge in [0.2, 0.25) is 0 Å². The number of nitrogens with zero attached hydrogens (tertiary/aromatic N) is 2. The number of carbonyl (C=O) groups is 2. The van der Waals surface area contributed by atoms with Crippen LogP contribution in [0.2, 0.25) is 0 Å². The Morgan fingerprint density at radius 3 is 2.44 bits per heavy atom. The van der Waals surface area contributed by atoms with Gasteiger partial charge in [0.1, 0.15) is 11.5 Å². The van der Waals surface area contributed by atoms with Crippen molar-refractivity contribution in [1.29, 1.82) is 0 Å². The molecule has 170 valence electrons. The zero-order chi connectivity index (χ0) is 22.7. The molecule has 32 heavy (non-hydrogen) atoms. The number of piperazine rings is 1. The first kappa shape index (κ1) is 22.1. The Labute approximate surface area is 183 Å². The Morgan fingerprint density at radius 1 is 1.03 bits per heavy atom. The first-order valence-electron chi connectivity index (χ1n) is 10.5. The van der Waals surface area contributed by atoms with Crippen molar-refractivity contribution in [3.63, 3.8) is 0 Å². The minimum absolute atomic E-state index is 0.00612. The van der Waals surface area contributed by atoms with Gasteiger partial charge in [-0.05, 0) is 48.4 Å². The van der Waals surface area contributed by atoms with E-state index in [1.54, 1.807) is 6.07 Å². The molecule has 2 aromatic carbocycles. The number of alkyl halides is 3. The highest BCUT2D eigenvalue weighted by molar-refractivity contribution is 5.95. The normalized spacial score (nSPS) is 16.8. The number of nitrogens with one attached hydrogen (secondary N) is 1. The molecule has 1 N–H and O–H groups in total. The average molecular weight is 447 g/mol. The van der Waals surface area contributed by atoms with Crippen LogP contribution in [0.5, 0.6) is 5.75 Å². The molecule has 2 heterocycles. The van der Waals surface area contributed by atoms with Crippen LogP contribution in [0.25, 0.3) is 0 Å². The quantitative estimate of drug-likeness (QED) is 0.736. The summed E-state index contributed by atoms with van der Waals surface area (Å²) in [6, 6.07) is 10.7. The van der Waals surface area contributed by atoms with Crippen molar-refractivity contribution in [3.8, 4) is 5.75 Å². The summed E-state index contributed by atoms with van der Waals surface area (Å²) in [6.07, 6.45) is -3.33. The number of aryl methyl sites for hydroxylation is 1. The molecule has 1 saturated heterocycles. The van der Waals surface area contributed by atoms with Crippen molar-refractivity contribution in [1.82, 2.24) is 4.90 Å². The molecule has 0 spiro atoms. The predicted octanol–water partition coefficient (Wildman–Crippen LogP) is 3.36. The smallest absolute Gasteiger partial charge is 0.416 e. The molecule has 2 aliphatic rings. The Morgan fingerprint density at radius 2 is 1.75 bits per heavy atom. The molecule has 6 nitrogen and oxygen atoms in total. The first-order valence-corrected chi connectivity index (χ1v) is 10.5. The molecular formula is C23H24F3N3O3. The van der Waals surface area contributed by atoms with Gasteiger partial charge in [0.25, 0.3) is 5.91 Å². The van der Waals surface area contributed by atoms with Gasteiger partial charge in [0.05, 0.1) is 17.8 Å². The summed E-state index contributed by atoms with van der Waals surface area (Å²) in [5.74, 6) is 0.577. The third kappa shape index (κ3) is 5.40. The molecule has 0 atom stereocenters. The first-order chi connectivity index (χ1) is 15.3. The lowest BCUT2D eigenvalue weighted by Crippen LogP contribution is -2.48. The molecular weight excluding hydrogens is 423 g/mol. The molecule has 0 radical (unpaired) electrons. The fourth-order valence-electron chi connectivity index (χ4n) is 3.91. The highest BCUT2D eigenvalue weighted by Crippen LogP contribution is 2.31. The van der Waals surface area contributed by atoms with E-state index < -0.39 is 11.7 Å². The number of amides is 1. The molecule has 0 saturated carbocycles. The number of carbonyl (C=O) groups excluding carboxylic acids is 2. The molecule has 9 heteroatoms. The van der Waals surface area contributed by atoms with E-state index in [9.17, 15) is 22.8 Å². The number of rotatable bonds is 6. The molecule has 1 amide bonds. The van der Waals surface area contributed by atoms with Crippen LogP contribution < -0.4 is 15.0 Å². The molecule has 0 bridgehead atoms. The summed E-state index contributed by atoms with van der Waals surface area (Å²) >= 11 is 0. The van der Waals surface area contributed by atoms with Gasteiger partial charge in [-0.3, -0.25) is 14.5 Å². The van der Waals surface area contributed by atoms with Gasteiger partial charge in [-0.25, -0.2) is 0 Å². The van der Waals surface area contributed by atoms with Gasteiger partial charge in [0, 0.05) is 38.3 Å². The number of hydrogen-bond acceptors (Lipinski definition) is 5. The Bertz CT molecular complexity index is 984. The van der Waals surface area contributed by atoms with Crippen LogP contribution in [-0.4, -0.2) is 55.9 Å². The molecule has 0 aromatic heterocycles. The number of fused-ring (bicyclic) bond motifs is 1. The van der Waals surface area contributed by atoms with Crippen LogP contribution in [-0.2, 0) is 22.2 Å². The van der Waals surface area contributed by atoms with Gasteiger partial charge < -0.3 is 15.0 Å². The molecule has 1 fully saturated rings. The summed E-state index contributed by atoms with van der Waals surface area (Å²) in [4.78, 5) is 27.9. The molecule has 2 aliphatic heterocycles. The van der Waals surface area contributed by atoms with Gasteiger partial charge >= 0.3 is 6.18 Å². The second-order valence-electron chi connectivity index (χ2n) is 8.01. The Hall–Kier alpha value is -3.07. The number of benzene rings is 2. The second kappa shape index (κ2) is 9.20. The maximum atomic E-state index is 12.7. The lowest BCUT2D eigenvalue weighted by molar-refractivity contribution is -0.137. The van der Waals surface area contributed by atoms with Crippen molar-refractivity contribution >= 4 is 23.1 Å². The van der Waals surface area contributed by atoms with Crippen LogP contribution in [0.1, 0.15) is 17.5 Å². The van der Waals surface area contributed by atoms with Crippen molar-refractivity contribution < 1.29 is 27.5 Å². The summed E-state index contributed by atoms with van der Waals surface area (Å²) in [5.41, 5.74) is 1.72. The van der Waals surface area contributed by atoms with E-state index in [2.05, 4.69) is 10.2 Å². The second-order valence-corrected chi connectivity index (χ2v) is 8.01. The van der Waals surface area contributed by atoms with E-state index in [4.69, 9.17) is 4.74 Å². The van der Waals surface area contributed by atoms with E-state index >= 15 is 0 Å². The molecule has 0 aliphatic carbocycles. The van der Waals surface area contributed by atoms with E-state index in [0.717, 1.165) is 23.4 Å². The SMILES string of the molecule is O=C(CCc1ccc2c(c1)OCC(=O)N2)CN1CCN(c2ccc(C(F)(F)F)cc2)CC1. The summed E-state index contributed by atoms with van der Waals surface area (Å²) < 4.78 is 43.6.